The Hall–Kier alpha value is -2.83. The number of hydrogen-bond acceptors (Lipinski definition) is 8. The molecule has 0 radical (unpaired) electrons. The van der Waals surface area contributed by atoms with E-state index in [1.54, 1.807) is 24.3 Å². The molecule has 0 spiro atoms. The summed E-state index contributed by atoms with van der Waals surface area (Å²) in [7, 11) is -3.77. The molecule has 11 heteroatoms. The monoisotopic (exact) mass is 586 g/mol. The molecule has 2 aromatic carbocycles. The zero-order valence-electron chi connectivity index (χ0n) is 24.3. The SMILES string of the molecule is C[C@@H]1COC[C@H](C)N1CCC(=O)Nc1ccc(S(=O)(=O)c2ccc(NC(=O)CCN3[C@H](C)COC[C@@H]3C)cc2)cc1. The van der Waals surface area contributed by atoms with Crippen LogP contribution in [-0.2, 0) is 28.9 Å². The molecule has 0 bridgehead atoms. The molecular weight excluding hydrogens is 544 g/mol. The van der Waals surface area contributed by atoms with E-state index in [4.69, 9.17) is 9.47 Å². The Morgan fingerprint density at radius 3 is 1.29 bits per heavy atom. The smallest absolute Gasteiger partial charge is 0.225 e. The lowest BCUT2D eigenvalue weighted by atomic mass is 10.1. The standard InChI is InChI=1S/C30H42N4O6S/c1-21-17-39-18-22(2)33(21)15-13-29(35)31-25-5-9-27(10-6-25)41(37,38)28-11-7-26(8-12-28)32-30(36)14-16-34-23(3)19-40-20-24(34)4/h5-12,21-24H,13-20H2,1-4H3,(H,31,35)(H,32,36)/t21-,22+,23-,24+. The van der Waals surface area contributed by atoms with Crippen molar-refractivity contribution in [3.8, 4) is 0 Å². The molecule has 2 amide bonds. The van der Waals surface area contributed by atoms with Gasteiger partial charge in [-0.05, 0) is 76.2 Å². The quantitative estimate of drug-likeness (QED) is 0.435. The Balaban J connectivity index is 1.28. The summed E-state index contributed by atoms with van der Waals surface area (Å²) < 4.78 is 37.4. The number of carbonyl (C=O) groups is 2. The van der Waals surface area contributed by atoms with E-state index in [9.17, 15) is 18.0 Å². The number of anilines is 2. The molecule has 41 heavy (non-hydrogen) atoms. The third-order valence-electron chi connectivity index (χ3n) is 7.79. The lowest BCUT2D eigenvalue weighted by Gasteiger charge is -2.38. The fourth-order valence-electron chi connectivity index (χ4n) is 5.43. The zero-order valence-corrected chi connectivity index (χ0v) is 25.2. The number of sulfone groups is 1. The van der Waals surface area contributed by atoms with E-state index in [0.29, 0.717) is 63.7 Å². The summed E-state index contributed by atoms with van der Waals surface area (Å²) in [6.45, 7) is 12.3. The molecule has 10 nitrogen and oxygen atoms in total. The molecule has 0 aliphatic carbocycles. The summed E-state index contributed by atoms with van der Waals surface area (Å²) >= 11 is 0. The van der Waals surface area contributed by atoms with Crippen LogP contribution in [0.25, 0.3) is 0 Å². The van der Waals surface area contributed by atoms with E-state index in [0.717, 1.165) is 0 Å². The van der Waals surface area contributed by atoms with E-state index in [1.165, 1.54) is 24.3 Å². The number of nitrogens with one attached hydrogen (secondary N) is 2. The normalized spacial score (nSPS) is 24.1. The predicted octanol–water partition coefficient (Wildman–Crippen LogP) is 3.40. The number of nitrogens with zero attached hydrogens (tertiary/aromatic N) is 2. The van der Waals surface area contributed by atoms with Crippen molar-refractivity contribution in [1.29, 1.82) is 0 Å². The highest BCUT2D eigenvalue weighted by molar-refractivity contribution is 7.91. The Kier molecular flexibility index (Phi) is 10.5. The third-order valence-corrected chi connectivity index (χ3v) is 9.58. The number of benzene rings is 2. The van der Waals surface area contributed by atoms with Crippen LogP contribution in [0.15, 0.2) is 58.3 Å². The molecule has 224 valence electrons. The minimum Gasteiger partial charge on any atom is -0.378 e. The minimum absolute atomic E-state index is 0.122. The van der Waals surface area contributed by atoms with Crippen LogP contribution in [0.3, 0.4) is 0 Å². The van der Waals surface area contributed by atoms with Crippen molar-refractivity contribution in [2.24, 2.45) is 0 Å². The number of rotatable bonds is 10. The molecule has 2 heterocycles. The highest BCUT2D eigenvalue weighted by atomic mass is 32.2. The van der Waals surface area contributed by atoms with Crippen LogP contribution in [0.4, 0.5) is 11.4 Å². The third kappa shape index (κ3) is 8.14. The highest BCUT2D eigenvalue weighted by Gasteiger charge is 2.26. The predicted molar refractivity (Wildman–Crippen MR) is 158 cm³/mol. The van der Waals surface area contributed by atoms with Gasteiger partial charge in [-0.15, -0.1) is 0 Å². The molecule has 0 saturated carbocycles. The van der Waals surface area contributed by atoms with Gasteiger partial charge in [-0.1, -0.05) is 0 Å². The fraction of sp³-hybridized carbons (Fsp3) is 0.533. The van der Waals surface area contributed by atoms with Crippen LogP contribution in [0.2, 0.25) is 0 Å². The second-order valence-electron chi connectivity index (χ2n) is 11.1. The average molecular weight is 587 g/mol. The summed E-state index contributed by atoms with van der Waals surface area (Å²) in [5.74, 6) is -0.254. The van der Waals surface area contributed by atoms with Gasteiger partial charge in [0.05, 0.1) is 36.2 Å². The van der Waals surface area contributed by atoms with Crippen molar-refractivity contribution in [2.45, 2.75) is 74.5 Å². The molecule has 2 aliphatic heterocycles. The van der Waals surface area contributed by atoms with Gasteiger partial charge in [0.1, 0.15) is 0 Å². The average Bonchev–Trinajstić information content (AvgIpc) is 2.93. The van der Waals surface area contributed by atoms with Crippen molar-refractivity contribution in [2.75, 3.05) is 50.2 Å². The first-order valence-corrected chi connectivity index (χ1v) is 15.7. The lowest BCUT2D eigenvalue weighted by Crippen LogP contribution is -2.50. The first-order chi connectivity index (χ1) is 19.5. The molecule has 2 saturated heterocycles. The Morgan fingerprint density at radius 1 is 0.659 bits per heavy atom. The summed E-state index contributed by atoms with van der Waals surface area (Å²) in [5, 5.41) is 5.70. The topological polar surface area (TPSA) is 117 Å². The van der Waals surface area contributed by atoms with Crippen LogP contribution in [0.5, 0.6) is 0 Å². The molecule has 4 atom stereocenters. The van der Waals surface area contributed by atoms with Crippen molar-refractivity contribution < 1.29 is 27.5 Å². The number of hydrogen-bond donors (Lipinski definition) is 2. The molecule has 2 fully saturated rings. The van der Waals surface area contributed by atoms with E-state index < -0.39 is 9.84 Å². The molecule has 2 N–H and O–H groups in total. The van der Waals surface area contributed by atoms with Crippen LogP contribution in [0.1, 0.15) is 40.5 Å². The Morgan fingerprint density at radius 2 is 0.976 bits per heavy atom. The maximum absolute atomic E-state index is 13.2. The van der Waals surface area contributed by atoms with E-state index in [1.807, 2.05) is 0 Å². The minimum atomic E-state index is -3.77. The summed E-state index contributed by atoms with van der Waals surface area (Å²) in [6.07, 6.45) is 0.673. The van der Waals surface area contributed by atoms with Gasteiger partial charge in [-0.25, -0.2) is 8.42 Å². The van der Waals surface area contributed by atoms with Gasteiger partial charge >= 0.3 is 0 Å². The second kappa shape index (κ2) is 13.9. The largest absolute Gasteiger partial charge is 0.378 e. The van der Waals surface area contributed by atoms with E-state index in [-0.39, 0.29) is 45.8 Å². The number of amides is 2. The highest BCUT2D eigenvalue weighted by Crippen LogP contribution is 2.24. The van der Waals surface area contributed by atoms with Crippen LogP contribution < -0.4 is 10.6 Å². The maximum atomic E-state index is 13.2. The van der Waals surface area contributed by atoms with Gasteiger partial charge in [0.15, 0.2) is 0 Å². The zero-order chi connectivity index (χ0) is 29.6. The van der Waals surface area contributed by atoms with Crippen molar-refractivity contribution in [3.05, 3.63) is 48.5 Å². The summed E-state index contributed by atoms with van der Waals surface area (Å²) in [4.78, 5) is 29.8. The Labute approximate surface area is 243 Å². The molecule has 0 aromatic heterocycles. The number of ether oxygens (including phenoxy) is 2. The van der Waals surface area contributed by atoms with Gasteiger partial charge in [0.2, 0.25) is 21.7 Å². The van der Waals surface area contributed by atoms with Gasteiger partial charge in [0.25, 0.3) is 0 Å². The maximum Gasteiger partial charge on any atom is 0.225 e. The van der Waals surface area contributed by atoms with Crippen molar-refractivity contribution in [3.63, 3.8) is 0 Å². The molecule has 2 aromatic rings. The molecule has 4 rings (SSSR count). The summed E-state index contributed by atoms with van der Waals surface area (Å²) in [6, 6.07) is 13.4. The first-order valence-electron chi connectivity index (χ1n) is 14.3. The lowest BCUT2D eigenvalue weighted by molar-refractivity contribution is -0.118. The summed E-state index contributed by atoms with van der Waals surface area (Å²) in [5.41, 5.74) is 1.08. The van der Waals surface area contributed by atoms with E-state index in [2.05, 4.69) is 48.1 Å². The molecule has 0 unspecified atom stereocenters. The Bertz CT molecular complexity index is 1170. The fourth-order valence-corrected chi connectivity index (χ4v) is 6.69. The van der Waals surface area contributed by atoms with Gasteiger partial charge in [-0.3, -0.25) is 19.4 Å². The van der Waals surface area contributed by atoms with Crippen LogP contribution in [0, 0.1) is 0 Å². The van der Waals surface area contributed by atoms with Crippen molar-refractivity contribution in [1.82, 2.24) is 9.80 Å². The van der Waals surface area contributed by atoms with Crippen LogP contribution >= 0.6 is 0 Å². The number of morpholine rings is 2. The first kappa shape index (κ1) is 31.1. The van der Waals surface area contributed by atoms with Gasteiger partial charge in [-0.2, -0.15) is 0 Å². The second-order valence-corrected chi connectivity index (χ2v) is 13.0. The van der Waals surface area contributed by atoms with Gasteiger partial charge in [0, 0.05) is 61.5 Å². The van der Waals surface area contributed by atoms with Gasteiger partial charge < -0.3 is 20.1 Å². The number of carbonyl (C=O) groups excluding carboxylic acids is 2. The molecule has 2 aliphatic rings. The van der Waals surface area contributed by atoms with E-state index >= 15 is 0 Å². The van der Waals surface area contributed by atoms with Crippen molar-refractivity contribution >= 4 is 33.0 Å². The molecular formula is C30H42N4O6S. The van der Waals surface area contributed by atoms with Crippen LogP contribution in [-0.4, -0.2) is 93.7 Å².